The molecule has 2 unspecified atom stereocenters. The zero-order valence-corrected chi connectivity index (χ0v) is 38.5. The van der Waals surface area contributed by atoms with Gasteiger partial charge in [0.15, 0.2) is 0 Å². The van der Waals surface area contributed by atoms with E-state index in [4.69, 9.17) is 4.74 Å². The van der Waals surface area contributed by atoms with Gasteiger partial charge in [-0.25, -0.2) is 0 Å². The van der Waals surface area contributed by atoms with Gasteiger partial charge >= 0.3 is 0 Å². The first-order valence-electron chi connectivity index (χ1n) is 21.6. The molecule has 0 aliphatic carbocycles. The molecule has 1 saturated heterocycles. The first-order chi connectivity index (χ1) is 24.1. The Hall–Kier alpha value is -1.64. The molecule has 2 heteroatoms. The summed E-state index contributed by atoms with van der Waals surface area (Å²) >= 11 is 0. The summed E-state index contributed by atoms with van der Waals surface area (Å²) in [6, 6.07) is 19.8. The summed E-state index contributed by atoms with van der Waals surface area (Å²) in [6.45, 7) is 44.6. The lowest BCUT2D eigenvalue weighted by atomic mass is 9.81. The van der Waals surface area contributed by atoms with Gasteiger partial charge in [0.1, 0.15) is 0 Å². The van der Waals surface area contributed by atoms with Gasteiger partial charge in [-0.15, -0.1) is 0 Å². The highest BCUT2D eigenvalue weighted by Gasteiger charge is 2.45. The Morgan fingerprint density at radius 2 is 0.925 bits per heavy atom. The molecule has 53 heavy (non-hydrogen) atoms. The first kappa shape index (κ1) is 55.7. The molecule has 3 rings (SSSR count). The second kappa shape index (κ2) is 30.6. The molecule has 1 aliphatic rings. The molecule has 5 atom stereocenters. The number of benzene rings is 2. The summed E-state index contributed by atoms with van der Waals surface area (Å²) in [5.41, 5.74) is 4.37. The zero-order valence-electron chi connectivity index (χ0n) is 38.5. The molecule has 0 radical (unpaired) electrons. The summed E-state index contributed by atoms with van der Waals surface area (Å²) in [6.07, 6.45) is 4.93. The number of rotatable bonds is 12. The average Bonchev–Trinajstić information content (AvgIpc) is 3.40. The van der Waals surface area contributed by atoms with Crippen LogP contribution in [0.15, 0.2) is 54.6 Å². The third kappa shape index (κ3) is 25.2. The van der Waals surface area contributed by atoms with E-state index in [1.807, 2.05) is 6.07 Å². The molecule has 312 valence electrons. The quantitative estimate of drug-likeness (QED) is 0.235. The third-order valence-electron chi connectivity index (χ3n) is 10.3. The fourth-order valence-electron chi connectivity index (χ4n) is 6.13. The average molecular weight is 741 g/mol. The fraction of sp³-hybridized carbons (Fsp3) is 0.765. The maximum atomic E-state index is 10.3. The van der Waals surface area contributed by atoms with E-state index in [0.29, 0.717) is 41.4 Å². The number of aliphatic hydroxyl groups is 1. The Labute approximate surface area is 335 Å². The van der Waals surface area contributed by atoms with Gasteiger partial charge in [-0.05, 0) is 88.7 Å². The lowest BCUT2D eigenvalue weighted by molar-refractivity contribution is -0.0222. The van der Waals surface area contributed by atoms with Gasteiger partial charge < -0.3 is 9.84 Å². The third-order valence-corrected chi connectivity index (χ3v) is 10.3. The van der Waals surface area contributed by atoms with Crippen molar-refractivity contribution in [2.24, 2.45) is 47.3 Å². The van der Waals surface area contributed by atoms with Crippen LogP contribution in [0.25, 0.3) is 0 Å². The molecule has 1 heterocycles. The van der Waals surface area contributed by atoms with Crippen LogP contribution in [0.4, 0.5) is 0 Å². The number of aliphatic hydroxyl groups excluding tert-OH is 1. The molecule has 1 fully saturated rings. The van der Waals surface area contributed by atoms with Crippen molar-refractivity contribution >= 4 is 0 Å². The van der Waals surface area contributed by atoms with Crippen LogP contribution in [0.2, 0.25) is 0 Å². The molecule has 0 saturated carbocycles. The van der Waals surface area contributed by atoms with Crippen molar-refractivity contribution in [2.75, 3.05) is 0 Å². The molecular formula is C51H96O2. The molecule has 1 aliphatic heterocycles. The first-order valence-corrected chi connectivity index (χ1v) is 21.6. The lowest BCUT2D eigenvalue weighted by Crippen LogP contribution is -2.33. The smallest absolute Gasteiger partial charge is 0.0864 e. The predicted molar refractivity (Wildman–Crippen MR) is 242 cm³/mol. The van der Waals surface area contributed by atoms with Gasteiger partial charge in [0.2, 0.25) is 0 Å². The lowest BCUT2D eigenvalue weighted by Gasteiger charge is -2.25. The molecule has 0 aromatic heterocycles. The van der Waals surface area contributed by atoms with Crippen molar-refractivity contribution in [3.63, 3.8) is 0 Å². The Morgan fingerprint density at radius 3 is 1.21 bits per heavy atom. The Bertz CT molecular complexity index is 1050. The number of hydrogen-bond donors (Lipinski definition) is 1. The van der Waals surface area contributed by atoms with Crippen LogP contribution in [0, 0.1) is 47.3 Å². The van der Waals surface area contributed by atoms with Crippen molar-refractivity contribution < 1.29 is 9.84 Å². The molecule has 2 aromatic carbocycles. The topological polar surface area (TPSA) is 29.5 Å². The zero-order chi connectivity index (χ0) is 40.7. The van der Waals surface area contributed by atoms with Gasteiger partial charge in [-0.1, -0.05) is 213 Å². The molecule has 2 aromatic rings. The van der Waals surface area contributed by atoms with Crippen molar-refractivity contribution in [3.8, 4) is 0 Å². The van der Waals surface area contributed by atoms with Gasteiger partial charge in [-0.3, -0.25) is 0 Å². The minimum Gasteiger partial charge on any atom is -0.390 e. The van der Waals surface area contributed by atoms with Gasteiger partial charge in [0, 0.05) is 5.92 Å². The minimum absolute atomic E-state index is 0. The van der Waals surface area contributed by atoms with Gasteiger partial charge in [0.25, 0.3) is 0 Å². The van der Waals surface area contributed by atoms with Crippen molar-refractivity contribution in [1.82, 2.24) is 0 Å². The summed E-state index contributed by atoms with van der Waals surface area (Å²) in [5, 5.41) is 10.3. The Kier molecular flexibility index (Phi) is 32.1. The van der Waals surface area contributed by atoms with Crippen LogP contribution in [0.1, 0.15) is 206 Å². The minimum atomic E-state index is -0.288. The molecule has 0 amide bonds. The molecule has 2 nitrogen and oxygen atoms in total. The Balaban J connectivity index is -0.000000638. The van der Waals surface area contributed by atoms with Crippen molar-refractivity contribution in [1.29, 1.82) is 0 Å². The highest BCUT2D eigenvalue weighted by Crippen LogP contribution is 2.38. The van der Waals surface area contributed by atoms with Crippen molar-refractivity contribution in [2.45, 2.75) is 208 Å². The van der Waals surface area contributed by atoms with Crippen LogP contribution in [-0.2, 0) is 4.74 Å². The molecule has 0 bridgehead atoms. The number of ether oxygens (including phenoxy) is 1. The second-order valence-corrected chi connectivity index (χ2v) is 18.8. The monoisotopic (exact) mass is 741 g/mol. The van der Waals surface area contributed by atoms with E-state index in [1.165, 1.54) is 36.0 Å². The predicted octanol–water partition coefficient (Wildman–Crippen LogP) is 16.2. The van der Waals surface area contributed by atoms with Crippen LogP contribution in [-0.4, -0.2) is 23.4 Å². The van der Waals surface area contributed by atoms with Crippen LogP contribution in [0.5, 0.6) is 0 Å². The molecule has 1 N–H and O–H groups in total. The van der Waals surface area contributed by atoms with E-state index in [1.54, 1.807) is 0 Å². The largest absolute Gasteiger partial charge is 0.390 e. The maximum absolute atomic E-state index is 10.3. The van der Waals surface area contributed by atoms with Crippen molar-refractivity contribution in [3.05, 3.63) is 71.3 Å². The second-order valence-electron chi connectivity index (χ2n) is 18.8. The highest BCUT2D eigenvalue weighted by atomic mass is 16.5. The summed E-state index contributed by atoms with van der Waals surface area (Å²) < 4.78 is 6.07. The van der Waals surface area contributed by atoms with E-state index in [9.17, 15) is 5.11 Å². The SMILES string of the molecule is C.CC(C)CC(c1ccc(C(C)C)cc1)C(C)C.CC(C)C[C@H]1O[C@@H](C(C)C)C(O)[C@H]1C(C)C.CC(C)c1ccccc1.CCC(C)C.CCC(C)C. The summed E-state index contributed by atoms with van der Waals surface area (Å²) in [7, 11) is 0. The molecule has 0 spiro atoms. The van der Waals surface area contributed by atoms with Crippen LogP contribution >= 0.6 is 0 Å². The van der Waals surface area contributed by atoms with E-state index >= 15 is 0 Å². The fourth-order valence-corrected chi connectivity index (χ4v) is 6.13. The normalized spacial score (nSPS) is 18.7. The van der Waals surface area contributed by atoms with E-state index in [0.717, 1.165) is 30.1 Å². The Morgan fingerprint density at radius 1 is 0.528 bits per heavy atom. The van der Waals surface area contributed by atoms with E-state index in [2.05, 4.69) is 187 Å². The highest BCUT2D eigenvalue weighted by molar-refractivity contribution is 5.27. The number of hydrogen-bond acceptors (Lipinski definition) is 2. The van der Waals surface area contributed by atoms with E-state index in [-0.39, 0.29) is 25.7 Å². The van der Waals surface area contributed by atoms with E-state index < -0.39 is 0 Å². The van der Waals surface area contributed by atoms with Crippen LogP contribution < -0.4 is 0 Å². The van der Waals surface area contributed by atoms with Gasteiger partial charge in [0.05, 0.1) is 18.3 Å². The summed E-state index contributed by atoms with van der Waals surface area (Å²) in [5.74, 6) is 7.07. The summed E-state index contributed by atoms with van der Waals surface area (Å²) in [4.78, 5) is 0. The standard InChI is InChI=1S/C17H28.C14H28O2.C9H12.2C5H12.CH4/c1-12(2)11-17(14(5)6)16-9-7-15(8-10-16)13(3)4;1-8(2)7-11-12(9(3)4)13(15)14(16-11)10(5)6;1-8(2)9-6-4-3-5-7-9;2*1-4-5(2)3;/h7-10,12-14,17H,11H2,1-6H3;8-15H,7H2,1-6H3;3-8H,1-2H3;2*5H,4H2,1-3H3;1H4/t;11-,12+,13?,14+;;;;/m.1..../s1. The molecular weight excluding hydrogens is 645 g/mol. The van der Waals surface area contributed by atoms with Crippen LogP contribution in [0.3, 0.4) is 0 Å². The maximum Gasteiger partial charge on any atom is 0.0864 e. The van der Waals surface area contributed by atoms with Gasteiger partial charge in [-0.2, -0.15) is 0 Å².